The van der Waals surface area contributed by atoms with Crippen molar-refractivity contribution in [3.8, 4) is 0 Å². The first kappa shape index (κ1) is 7.53. The van der Waals surface area contributed by atoms with E-state index in [4.69, 9.17) is 17.5 Å². The summed E-state index contributed by atoms with van der Waals surface area (Å²) >= 11 is 0. The molecule has 1 heterocycles. The molecular formula is C2H6N6O3. The molecule has 0 spiro atoms. The van der Waals surface area contributed by atoms with Gasteiger partial charge in [-0.25, -0.2) is 22.6 Å². The first-order valence-corrected chi connectivity index (χ1v) is 2.42. The van der Waals surface area contributed by atoms with Crippen LogP contribution in [0.1, 0.15) is 0 Å². The van der Waals surface area contributed by atoms with E-state index in [1.165, 1.54) is 0 Å². The number of carbonyl (C=O) groups is 1. The van der Waals surface area contributed by atoms with Gasteiger partial charge < -0.3 is 0 Å². The maximum absolute atomic E-state index is 10.3. The summed E-state index contributed by atoms with van der Waals surface area (Å²) in [6, 6.07) is 0. The number of oxime groups is 1. The number of guanidine groups is 1. The predicted molar refractivity (Wildman–Crippen MR) is 31.2 cm³/mol. The molecule has 0 saturated carbocycles. The van der Waals surface area contributed by atoms with Crippen molar-refractivity contribution in [3.63, 3.8) is 0 Å². The lowest BCUT2D eigenvalue weighted by Crippen LogP contribution is -2.56. The molecule has 1 aliphatic heterocycles. The number of hydrazine groups is 3. The Balaban J connectivity index is 2.72. The van der Waals surface area contributed by atoms with Crippen molar-refractivity contribution in [3.05, 3.63) is 0 Å². The fourth-order valence-electron chi connectivity index (χ4n) is 0.417. The first-order valence-electron chi connectivity index (χ1n) is 2.42. The van der Waals surface area contributed by atoms with Crippen molar-refractivity contribution in [2.45, 2.75) is 0 Å². The third-order valence-corrected chi connectivity index (χ3v) is 0.803. The van der Waals surface area contributed by atoms with Crippen molar-refractivity contribution in [2.75, 3.05) is 0 Å². The van der Waals surface area contributed by atoms with E-state index in [2.05, 4.69) is 14.8 Å². The van der Waals surface area contributed by atoms with Crippen LogP contribution in [-0.2, 0) is 9.68 Å². The molecule has 0 atom stereocenters. The van der Waals surface area contributed by atoms with Gasteiger partial charge in [-0.1, -0.05) is 5.17 Å². The Morgan fingerprint density at radius 1 is 1.55 bits per heavy atom. The number of nitrogens with two attached hydrogens (primary N) is 3. The Bertz CT molecular complexity index is 200. The van der Waals surface area contributed by atoms with Crippen molar-refractivity contribution in [1.29, 1.82) is 0 Å². The van der Waals surface area contributed by atoms with E-state index in [1.54, 1.807) is 0 Å². The molecule has 1 rings (SSSR count). The van der Waals surface area contributed by atoms with Crippen LogP contribution in [-0.4, -0.2) is 22.4 Å². The van der Waals surface area contributed by atoms with E-state index in [0.717, 1.165) is 0 Å². The lowest BCUT2D eigenvalue weighted by Gasteiger charge is -2.23. The minimum atomic E-state index is -1.06. The van der Waals surface area contributed by atoms with Crippen LogP contribution in [0, 0.1) is 0 Å². The van der Waals surface area contributed by atoms with Gasteiger partial charge in [-0.2, -0.15) is 4.79 Å². The van der Waals surface area contributed by atoms with Gasteiger partial charge in [0.05, 0.1) is 0 Å². The highest BCUT2D eigenvalue weighted by Crippen LogP contribution is 1.99. The summed E-state index contributed by atoms with van der Waals surface area (Å²) in [5.74, 6) is 14.8. The second-order valence-electron chi connectivity index (χ2n) is 1.56. The molecule has 0 aliphatic carbocycles. The lowest BCUT2D eigenvalue weighted by atomic mass is 11.0. The van der Waals surface area contributed by atoms with Crippen molar-refractivity contribution < 1.29 is 14.5 Å². The average molecular weight is 162 g/mol. The zero-order valence-electron chi connectivity index (χ0n) is 5.30. The molecule has 0 saturated heterocycles. The molecule has 0 amide bonds. The Labute approximate surface area is 60.7 Å². The molecular weight excluding hydrogens is 156 g/mol. The summed E-state index contributed by atoms with van der Waals surface area (Å²) in [7, 11) is 0. The molecule has 0 aromatic carbocycles. The van der Waals surface area contributed by atoms with Gasteiger partial charge in [0.1, 0.15) is 0 Å². The third-order valence-electron chi connectivity index (χ3n) is 0.803. The summed E-state index contributed by atoms with van der Waals surface area (Å²) in [5, 5.41) is 4.12. The Morgan fingerprint density at radius 2 is 2.18 bits per heavy atom. The second-order valence-corrected chi connectivity index (χ2v) is 1.56. The molecule has 0 bridgehead atoms. The van der Waals surface area contributed by atoms with E-state index in [9.17, 15) is 4.79 Å². The Kier molecular flexibility index (Phi) is 1.76. The third kappa shape index (κ3) is 1.46. The van der Waals surface area contributed by atoms with Crippen molar-refractivity contribution >= 4 is 12.1 Å². The number of rotatable bonds is 0. The molecule has 9 nitrogen and oxygen atoms in total. The van der Waals surface area contributed by atoms with Gasteiger partial charge >= 0.3 is 12.1 Å². The van der Waals surface area contributed by atoms with Gasteiger partial charge in [0, 0.05) is 0 Å². The highest BCUT2D eigenvalue weighted by molar-refractivity contribution is 5.80. The van der Waals surface area contributed by atoms with E-state index in [1.807, 2.05) is 0 Å². The molecule has 6 N–H and O–H groups in total. The van der Waals surface area contributed by atoms with Crippen LogP contribution in [0.15, 0.2) is 5.16 Å². The summed E-state index contributed by atoms with van der Waals surface area (Å²) in [6.07, 6.45) is -1.06. The highest BCUT2D eigenvalue weighted by Gasteiger charge is 2.23. The fourth-order valence-corrected chi connectivity index (χ4v) is 0.417. The van der Waals surface area contributed by atoms with Gasteiger partial charge in [0.25, 0.3) is 0 Å². The summed E-state index contributed by atoms with van der Waals surface area (Å²) in [4.78, 5) is 18.5. The van der Waals surface area contributed by atoms with Gasteiger partial charge in [-0.05, 0) is 5.16 Å². The molecule has 62 valence electrons. The van der Waals surface area contributed by atoms with Crippen LogP contribution in [0.5, 0.6) is 0 Å². The maximum Gasteiger partial charge on any atom is 0.562 e. The minimum Gasteiger partial charge on any atom is -0.285 e. The predicted octanol–water partition coefficient (Wildman–Crippen LogP) is -2.44. The van der Waals surface area contributed by atoms with Crippen LogP contribution in [0.3, 0.4) is 0 Å². The molecule has 0 aromatic heterocycles. The number of hydrogen-bond donors (Lipinski definition) is 3. The average Bonchev–Trinajstić information content (AvgIpc) is 1.85. The van der Waals surface area contributed by atoms with E-state index < -0.39 is 6.16 Å². The van der Waals surface area contributed by atoms with Crippen molar-refractivity contribution in [1.82, 2.24) is 10.3 Å². The van der Waals surface area contributed by atoms with E-state index in [-0.39, 0.29) is 5.96 Å². The molecule has 11 heavy (non-hydrogen) atoms. The number of hydroxylamine groups is 1. The Morgan fingerprint density at radius 3 is 2.64 bits per heavy atom. The smallest absolute Gasteiger partial charge is 0.285 e. The molecule has 0 aromatic rings. The highest BCUT2D eigenvalue weighted by atomic mass is 16.9. The van der Waals surface area contributed by atoms with Gasteiger partial charge in [0.15, 0.2) is 0 Å². The largest absolute Gasteiger partial charge is 0.562 e. The summed E-state index contributed by atoms with van der Waals surface area (Å²) < 4.78 is 0. The summed E-state index contributed by atoms with van der Waals surface area (Å²) in [5.41, 5.74) is 0. The maximum atomic E-state index is 10.3. The molecule has 0 unspecified atom stereocenters. The topological polar surface area (TPSA) is 132 Å². The molecule has 0 radical (unpaired) electrons. The standard InChI is InChI=1S/C2H6N6O3/c3-7(4)1-6-10-2(9)11-8(1)5/h3-5H2. The second kappa shape index (κ2) is 2.57. The van der Waals surface area contributed by atoms with Crippen LogP contribution in [0.4, 0.5) is 4.79 Å². The SMILES string of the molecule is NN(N)C1=NOC(=O)ON1N. The van der Waals surface area contributed by atoms with Crippen LogP contribution in [0.2, 0.25) is 0 Å². The number of hydrogen-bond acceptors (Lipinski definition) is 9. The minimum absolute atomic E-state index is 0.232. The number of nitrogens with zero attached hydrogens (tertiary/aromatic N) is 3. The monoisotopic (exact) mass is 162 g/mol. The normalized spacial score (nSPS) is 16.8. The van der Waals surface area contributed by atoms with Gasteiger partial charge in [-0.15, -0.1) is 0 Å². The number of carbonyl (C=O) groups excluding carboxylic acids is 1. The van der Waals surface area contributed by atoms with E-state index in [0.29, 0.717) is 10.3 Å². The van der Waals surface area contributed by atoms with Crippen LogP contribution in [0.25, 0.3) is 0 Å². The first-order chi connectivity index (χ1) is 5.11. The van der Waals surface area contributed by atoms with Gasteiger partial charge in [0.2, 0.25) is 0 Å². The molecule has 1 aliphatic rings. The zero-order valence-corrected chi connectivity index (χ0v) is 5.30. The van der Waals surface area contributed by atoms with E-state index >= 15 is 0 Å². The zero-order chi connectivity index (χ0) is 8.43. The molecule has 9 heteroatoms. The van der Waals surface area contributed by atoms with Crippen molar-refractivity contribution in [2.24, 2.45) is 22.7 Å². The van der Waals surface area contributed by atoms with Gasteiger partial charge in [-0.3, -0.25) is 9.68 Å². The summed E-state index contributed by atoms with van der Waals surface area (Å²) in [6.45, 7) is 0. The Hall–Kier alpha value is -1.58. The fraction of sp³-hybridized carbons (Fsp3) is 0. The van der Waals surface area contributed by atoms with Crippen LogP contribution >= 0.6 is 0 Å². The van der Waals surface area contributed by atoms with Crippen LogP contribution < -0.4 is 17.5 Å². The molecule has 0 fully saturated rings. The lowest BCUT2D eigenvalue weighted by molar-refractivity contribution is -0.107. The quantitative estimate of drug-likeness (QED) is 0.203.